The Kier molecular flexibility index (Phi) is 6.01. The number of benzene rings is 2. The SMILES string of the molecule is C[C@H]([NH2+]CC(=O)N1CCN(c2ccccc2F)CC1)c1ccc(F)cc1F. The zero-order valence-electron chi connectivity index (χ0n) is 15.2. The molecular weight excluding hydrogens is 355 g/mol. The smallest absolute Gasteiger partial charge is 0.277 e. The monoisotopic (exact) mass is 378 g/mol. The molecule has 1 heterocycles. The molecule has 2 N–H and O–H groups in total. The number of carbonyl (C=O) groups is 1. The van der Waals surface area contributed by atoms with Gasteiger partial charge in [-0.25, -0.2) is 13.2 Å². The Morgan fingerprint density at radius 1 is 1.04 bits per heavy atom. The third kappa shape index (κ3) is 4.60. The number of piperazine rings is 1. The third-order valence-corrected chi connectivity index (χ3v) is 4.92. The van der Waals surface area contributed by atoms with Crippen LogP contribution >= 0.6 is 0 Å². The van der Waals surface area contributed by atoms with E-state index in [0.29, 0.717) is 37.4 Å². The first-order valence-corrected chi connectivity index (χ1v) is 9.01. The lowest BCUT2D eigenvalue weighted by atomic mass is 10.1. The largest absolute Gasteiger partial charge is 0.366 e. The van der Waals surface area contributed by atoms with Gasteiger partial charge in [0.15, 0.2) is 6.54 Å². The fourth-order valence-corrected chi connectivity index (χ4v) is 3.31. The first kappa shape index (κ1) is 19.2. The highest BCUT2D eigenvalue weighted by atomic mass is 19.1. The predicted molar refractivity (Wildman–Crippen MR) is 96.8 cm³/mol. The lowest BCUT2D eigenvalue weighted by Crippen LogP contribution is -2.87. The number of halogens is 3. The summed E-state index contributed by atoms with van der Waals surface area (Å²) in [6.45, 7) is 4.11. The molecule has 2 aromatic carbocycles. The number of rotatable bonds is 5. The van der Waals surface area contributed by atoms with Gasteiger partial charge in [0, 0.05) is 37.8 Å². The molecule has 0 unspecified atom stereocenters. The molecule has 144 valence electrons. The van der Waals surface area contributed by atoms with Crippen LogP contribution in [0.2, 0.25) is 0 Å². The van der Waals surface area contributed by atoms with E-state index in [4.69, 9.17) is 0 Å². The van der Waals surface area contributed by atoms with E-state index in [2.05, 4.69) is 0 Å². The molecule has 1 saturated heterocycles. The molecule has 27 heavy (non-hydrogen) atoms. The second kappa shape index (κ2) is 8.43. The standard InChI is InChI=1S/C20H22F3N3O/c1-14(16-7-6-15(21)12-18(16)23)24-13-20(27)26-10-8-25(9-11-26)19-5-3-2-4-17(19)22/h2-7,12,14,24H,8-11,13H2,1H3/p+1/t14-/m0/s1. The summed E-state index contributed by atoms with van der Waals surface area (Å²) < 4.78 is 40.7. The van der Waals surface area contributed by atoms with E-state index in [1.165, 1.54) is 18.2 Å². The van der Waals surface area contributed by atoms with Gasteiger partial charge in [0.25, 0.3) is 5.91 Å². The van der Waals surface area contributed by atoms with Crippen molar-refractivity contribution < 1.29 is 23.3 Å². The summed E-state index contributed by atoms with van der Waals surface area (Å²) in [4.78, 5) is 16.1. The van der Waals surface area contributed by atoms with Gasteiger partial charge >= 0.3 is 0 Å². The van der Waals surface area contributed by atoms with E-state index < -0.39 is 11.6 Å². The van der Waals surface area contributed by atoms with Gasteiger partial charge in [-0.3, -0.25) is 4.79 Å². The van der Waals surface area contributed by atoms with E-state index in [1.54, 1.807) is 35.3 Å². The Morgan fingerprint density at radius 2 is 1.74 bits per heavy atom. The minimum absolute atomic E-state index is 0.0439. The number of nitrogens with two attached hydrogens (primary N) is 1. The van der Waals surface area contributed by atoms with Gasteiger partial charge in [0.1, 0.15) is 23.5 Å². The number of anilines is 1. The van der Waals surface area contributed by atoms with Crippen molar-refractivity contribution in [2.45, 2.75) is 13.0 Å². The van der Waals surface area contributed by atoms with E-state index in [-0.39, 0.29) is 24.3 Å². The molecule has 2 aromatic rings. The molecule has 0 saturated carbocycles. The fraction of sp³-hybridized carbons (Fsp3) is 0.350. The van der Waals surface area contributed by atoms with E-state index >= 15 is 0 Å². The number of amides is 1. The van der Waals surface area contributed by atoms with E-state index in [9.17, 15) is 18.0 Å². The van der Waals surface area contributed by atoms with Crippen LogP contribution in [0.5, 0.6) is 0 Å². The maximum absolute atomic E-state index is 13.9. The number of hydrogen-bond donors (Lipinski definition) is 1. The second-order valence-electron chi connectivity index (χ2n) is 6.71. The Balaban J connectivity index is 1.50. The van der Waals surface area contributed by atoms with Gasteiger partial charge in [-0.05, 0) is 31.2 Å². The summed E-state index contributed by atoms with van der Waals surface area (Å²) in [5.41, 5.74) is 0.921. The number of nitrogens with zero attached hydrogens (tertiary/aromatic N) is 2. The van der Waals surface area contributed by atoms with Gasteiger partial charge < -0.3 is 15.1 Å². The van der Waals surface area contributed by atoms with Crippen LogP contribution in [0.25, 0.3) is 0 Å². The van der Waals surface area contributed by atoms with E-state index in [1.807, 2.05) is 4.90 Å². The molecule has 7 heteroatoms. The summed E-state index contributed by atoms with van der Waals surface area (Å²) in [7, 11) is 0. The van der Waals surface area contributed by atoms with Crippen LogP contribution in [0, 0.1) is 17.5 Å². The van der Waals surface area contributed by atoms with Gasteiger partial charge in [-0.2, -0.15) is 0 Å². The Bertz CT molecular complexity index is 807. The zero-order valence-corrected chi connectivity index (χ0v) is 15.2. The summed E-state index contributed by atoms with van der Waals surface area (Å²) in [6, 6.07) is 9.78. The van der Waals surface area contributed by atoms with Gasteiger partial charge in [0.2, 0.25) is 0 Å². The topological polar surface area (TPSA) is 40.2 Å². The molecule has 0 aliphatic carbocycles. The summed E-state index contributed by atoms with van der Waals surface area (Å²) >= 11 is 0. The molecule has 0 radical (unpaired) electrons. The molecule has 0 aromatic heterocycles. The van der Waals surface area contributed by atoms with Crippen molar-refractivity contribution >= 4 is 11.6 Å². The Morgan fingerprint density at radius 3 is 2.41 bits per heavy atom. The molecule has 1 aliphatic rings. The van der Waals surface area contributed by atoms with Crippen molar-refractivity contribution in [1.29, 1.82) is 0 Å². The van der Waals surface area contributed by atoms with Crippen LogP contribution in [0.15, 0.2) is 42.5 Å². The average molecular weight is 378 g/mol. The molecule has 1 fully saturated rings. The van der Waals surface area contributed by atoms with Crippen molar-refractivity contribution in [2.24, 2.45) is 0 Å². The second-order valence-corrected chi connectivity index (χ2v) is 6.71. The van der Waals surface area contributed by atoms with E-state index in [0.717, 1.165) is 6.07 Å². The molecule has 0 bridgehead atoms. The Labute approximate surface area is 156 Å². The average Bonchev–Trinajstić information content (AvgIpc) is 2.66. The lowest BCUT2D eigenvalue weighted by Gasteiger charge is -2.36. The fourth-order valence-electron chi connectivity index (χ4n) is 3.31. The zero-order chi connectivity index (χ0) is 19.4. The maximum atomic E-state index is 13.9. The first-order valence-electron chi connectivity index (χ1n) is 9.01. The van der Waals surface area contributed by atoms with Crippen molar-refractivity contribution in [1.82, 2.24) is 4.90 Å². The summed E-state index contributed by atoms with van der Waals surface area (Å²) in [5.74, 6) is -1.53. The lowest BCUT2D eigenvalue weighted by molar-refractivity contribution is -0.683. The molecule has 1 aliphatic heterocycles. The minimum Gasteiger partial charge on any atom is -0.366 e. The third-order valence-electron chi connectivity index (χ3n) is 4.92. The highest BCUT2D eigenvalue weighted by molar-refractivity contribution is 5.77. The highest BCUT2D eigenvalue weighted by Crippen LogP contribution is 2.20. The minimum atomic E-state index is -0.618. The van der Waals surface area contributed by atoms with Crippen molar-refractivity contribution in [3.63, 3.8) is 0 Å². The predicted octanol–water partition coefficient (Wildman–Crippen LogP) is 2.08. The molecular formula is C20H23F3N3O+. The molecule has 1 atom stereocenters. The number of quaternary nitrogens is 1. The molecule has 3 rings (SSSR count). The van der Waals surface area contributed by atoms with Crippen LogP contribution in [-0.4, -0.2) is 43.5 Å². The highest BCUT2D eigenvalue weighted by Gasteiger charge is 2.24. The summed E-state index contributed by atoms with van der Waals surface area (Å²) in [5, 5.41) is 1.74. The maximum Gasteiger partial charge on any atom is 0.277 e. The number of carbonyl (C=O) groups excluding carboxylic acids is 1. The molecule has 0 spiro atoms. The number of hydrogen-bond acceptors (Lipinski definition) is 2. The van der Waals surface area contributed by atoms with Crippen molar-refractivity contribution in [3.05, 3.63) is 65.5 Å². The Hall–Kier alpha value is -2.54. The quantitative estimate of drug-likeness (QED) is 0.866. The van der Waals surface area contributed by atoms with Crippen LogP contribution < -0.4 is 10.2 Å². The normalized spacial score (nSPS) is 15.7. The van der Waals surface area contributed by atoms with Crippen LogP contribution in [-0.2, 0) is 4.79 Å². The van der Waals surface area contributed by atoms with Gasteiger partial charge in [-0.15, -0.1) is 0 Å². The van der Waals surface area contributed by atoms with Crippen molar-refractivity contribution in [3.8, 4) is 0 Å². The van der Waals surface area contributed by atoms with Crippen molar-refractivity contribution in [2.75, 3.05) is 37.6 Å². The first-order chi connectivity index (χ1) is 13.0. The van der Waals surface area contributed by atoms with Gasteiger partial charge in [0.05, 0.1) is 5.69 Å². The summed E-state index contributed by atoms with van der Waals surface area (Å²) in [6.07, 6.45) is 0. The molecule has 1 amide bonds. The number of para-hydroxylation sites is 1. The molecule has 4 nitrogen and oxygen atoms in total. The van der Waals surface area contributed by atoms with Gasteiger partial charge in [-0.1, -0.05) is 12.1 Å². The van der Waals surface area contributed by atoms with Crippen LogP contribution in [0.4, 0.5) is 18.9 Å². The van der Waals surface area contributed by atoms with Crippen LogP contribution in [0.1, 0.15) is 18.5 Å². The van der Waals surface area contributed by atoms with Crippen LogP contribution in [0.3, 0.4) is 0 Å².